The number of ketones is 1. The molecule has 0 unspecified atom stereocenters. The summed E-state index contributed by atoms with van der Waals surface area (Å²) in [7, 11) is 0. The molecule has 3 aromatic rings. The summed E-state index contributed by atoms with van der Waals surface area (Å²) < 4.78 is 6.43. The molecule has 100 valence electrons. The lowest BCUT2D eigenvalue weighted by molar-refractivity contribution is 0.0985. The lowest BCUT2D eigenvalue weighted by Gasteiger charge is -2.02. The van der Waals surface area contributed by atoms with E-state index >= 15 is 0 Å². The maximum atomic E-state index is 12.3. The van der Waals surface area contributed by atoms with Crippen molar-refractivity contribution in [2.24, 2.45) is 0 Å². The predicted octanol–water partition coefficient (Wildman–Crippen LogP) is 4.51. The minimum atomic E-state index is -0.0524. The zero-order valence-electron chi connectivity index (χ0n) is 10.3. The molecule has 3 rings (SSSR count). The van der Waals surface area contributed by atoms with Gasteiger partial charge in [-0.2, -0.15) is 0 Å². The van der Waals surface area contributed by atoms with Crippen LogP contribution < -0.4 is 0 Å². The summed E-state index contributed by atoms with van der Waals surface area (Å²) in [5, 5.41) is 0.548. The molecule has 0 aliphatic carbocycles. The number of carbonyl (C=O) groups excluding carboxylic acids is 1. The molecule has 5 heteroatoms. The van der Waals surface area contributed by atoms with Crippen LogP contribution in [0.1, 0.15) is 16.2 Å². The number of carbonyl (C=O) groups is 1. The molecule has 0 radical (unpaired) electrons. The number of hydrogen-bond acceptors (Lipinski definition) is 3. The molecule has 2 aromatic carbocycles. The third kappa shape index (κ3) is 2.71. The molecule has 0 saturated heterocycles. The van der Waals surface area contributed by atoms with Gasteiger partial charge in [0.1, 0.15) is 5.52 Å². The van der Waals surface area contributed by atoms with Crippen LogP contribution in [0.4, 0.5) is 0 Å². The monoisotopic (exact) mass is 397 g/mol. The van der Waals surface area contributed by atoms with Gasteiger partial charge >= 0.3 is 0 Å². The fourth-order valence-corrected chi connectivity index (χ4v) is 2.75. The fourth-order valence-electron chi connectivity index (χ4n) is 1.94. The maximum absolute atomic E-state index is 12.3. The number of aromatic nitrogens is 1. The Bertz CT molecular complexity index is 764. The largest absolute Gasteiger partial charge is 0.440 e. The van der Waals surface area contributed by atoms with Crippen LogP contribution in [-0.2, 0) is 6.42 Å². The normalized spacial score (nSPS) is 10.9. The molecule has 0 aliphatic rings. The summed E-state index contributed by atoms with van der Waals surface area (Å²) in [6, 6.07) is 12.7. The smallest absolute Gasteiger partial charge is 0.203 e. The quantitative estimate of drug-likeness (QED) is 0.482. The Morgan fingerprint density at radius 1 is 1.25 bits per heavy atom. The van der Waals surface area contributed by atoms with Crippen molar-refractivity contribution in [3.63, 3.8) is 0 Å². The van der Waals surface area contributed by atoms with Gasteiger partial charge in [-0.1, -0.05) is 23.7 Å². The molecule has 1 heterocycles. The Morgan fingerprint density at radius 3 is 2.85 bits per heavy atom. The van der Waals surface area contributed by atoms with Crippen LogP contribution in [-0.4, -0.2) is 10.8 Å². The van der Waals surface area contributed by atoms with Crippen LogP contribution in [0.5, 0.6) is 0 Å². The third-order valence-electron chi connectivity index (χ3n) is 2.88. The number of halogens is 2. The second kappa shape index (κ2) is 5.54. The summed E-state index contributed by atoms with van der Waals surface area (Å²) in [6.45, 7) is 0. The molecular weight excluding hydrogens is 389 g/mol. The zero-order chi connectivity index (χ0) is 14.1. The molecule has 0 spiro atoms. The lowest BCUT2D eigenvalue weighted by Crippen LogP contribution is -2.05. The molecular formula is C15H9ClINO2. The maximum Gasteiger partial charge on any atom is 0.203 e. The highest BCUT2D eigenvalue weighted by molar-refractivity contribution is 14.1. The molecule has 0 atom stereocenters. The highest BCUT2D eigenvalue weighted by Gasteiger charge is 2.15. The third-order valence-corrected chi connectivity index (χ3v) is 4.05. The van der Waals surface area contributed by atoms with Gasteiger partial charge in [0.05, 0.1) is 6.42 Å². The minimum Gasteiger partial charge on any atom is -0.440 e. The van der Waals surface area contributed by atoms with Crippen LogP contribution in [0.25, 0.3) is 11.1 Å². The number of fused-ring (bicyclic) bond motifs is 1. The van der Waals surface area contributed by atoms with Crippen LogP contribution in [0.15, 0.2) is 46.9 Å². The molecule has 0 N–H and O–H groups in total. The molecule has 20 heavy (non-hydrogen) atoms. The summed E-state index contributed by atoms with van der Waals surface area (Å²) >= 11 is 8.05. The van der Waals surface area contributed by atoms with Crippen molar-refractivity contribution in [1.29, 1.82) is 0 Å². The van der Waals surface area contributed by atoms with Gasteiger partial charge < -0.3 is 4.42 Å². The topological polar surface area (TPSA) is 43.1 Å². The number of rotatable bonds is 3. The van der Waals surface area contributed by atoms with Crippen LogP contribution in [0.2, 0.25) is 5.02 Å². The second-order valence-electron chi connectivity index (χ2n) is 4.30. The van der Waals surface area contributed by atoms with Crippen molar-refractivity contribution in [3.8, 4) is 0 Å². The van der Waals surface area contributed by atoms with E-state index in [4.69, 9.17) is 16.0 Å². The number of para-hydroxylation sites is 2. The van der Waals surface area contributed by atoms with Crippen LogP contribution >= 0.6 is 34.2 Å². The SMILES string of the molecule is O=C(Cc1nc2ccccc2o1)c1cc(Cl)ccc1I. The van der Waals surface area contributed by atoms with Crippen molar-refractivity contribution in [3.05, 3.63) is 62.5 Å². The van der Waals surface area contributed by atoms with Gasteiger partial charge in [0.15, 0.2) is 11.4 Å². The first-order chi connectivity index (χ1) is 9.63. The molecule has 0 amide bonds. The highest BCUT2D eigenvalue weighted by Crippen LogP contribution is 2.21. The summed E-state index contributed by atoms with van der Waals surface area (Å²) in [5.74, 6) is 0.371. The Morgan fingerprint density at radius 2 is 2.05 bits per heavy atom. The van der Waals surface area contributed by atoms with E-state index in [0.29, 0.717) is 22.1 Å². The molecule has 0 bridgehead atoms. The average molecular weight is 398 g/mol. The number of nitrogens with zero attached hydrogens (tertiary/aromatic N) is 1. The zero-order valence-corrected chi connectivity index (χ0v) is 13.2. The standard InChI is InChI=1S/C15H9ClINO2/c16-9-5-6-11(17)10(7-9)13(19)8-15-18-12-3-1-2-4-14(12)20-15/h1-7H,8H2. The first-order valence-electron chi connectivity index (χ1n) is 5.96. The van der Waals surface area contributed by atoms with Gasteiger partial charge in [0, 0.05) is 14.2 Å². The van der Waals surface area contributed by atoms with Crippen molar-refractivity contribution < 1.29 is 9.21 Å². The average Bonchev–Trinajstić information content (AvgIpc) is 2.83. The van der Waals surface area contributed by atoms with Crippen LogP contribution in [0, 0.1) is 3.57 Å². The molecule has 0 aliphatic heterocycles. The summed E-state index contributed by atoms with van der Waals surface area (Å²) in [5.41, 5.74) is 2.05. The van der Waals surface area contributed by atoms with E-state index in [9.17, 15) is 4.79 Å². The Kier molecular flexibility index (Phi) is 3.76. The number of hydrogen-bond donors (Lipinski definition) is 0. The van der Waals surface area contributed by atoms with Gasteiger partial charge in [-0.25, -0.2) is 4.98 Å². The lowest BCUT2D eigenvalue weighted by atomic mass is 10.1. The van der Waals surface area contributed by atoms with Gasteiger partial charge in [-0.3, -0.25) is 4.79 Å². The predicted molar refractivity (Wildman–Crippen MR) is 86.2 cm³/mol. The second-order valence-corrected chi connectivity index (χ2v) is 5.90. The molecule has 3 nitrogen and oxygen atoms in total. The van der Waals surface area contributed by atoms with E-state index in [1.54, 1.807) is 12.1 Å². The first-order valence-corrected chi connectivity index (χ1v) is 7.42. The number of benzene rings is 2. The van der Waals surface area contributed by atoms with Crippen molar-refractivity contribution in [1.82, 2.24) is 4.98 Å². The Balaban J connectivity index is 1.90. The number of oxazole rings is 1. The van der Waals surface area contributed by atoms with E-state index in [1.165, 1.54) is 0 Å². The van der Waals surface area contributed by atoms with Gasteiger partial charge in [-0.05, 0) is 52.9 Å². The van der Waals surface area contributed by atoms with Crippen molar-refractivity contribution >= 4 is 51.1 Å². The summed E-state index contributed by atoms with van der Waals surface area (Å²) in [4.78, 5) is 16.6. The minimum absolute atomic E-state index is 0.0524. The van der Waals surface area contributed by atoms with Gasteiger partial charge in [0.2, 0.25) is 5.89 Å². The van der Waals surface area contributed by atoms with E-state index in [2.05, 4.69) is 27.6 Å². The van der Waals surface area contributed by atoms with Crippen molar-refractivity contribution in [2.45, 2.75) is 6.42 Å². The number of Topliss-reactive ketones (excluding diaryl/α,β-unsaturated/α-hetero) is 1. The highest BCUT2D eigenvalue weighted by atomic mass is 127. The Hall–Kier alpha value is -1.40. The van der Waals surface area contributed by atoms with Crippen molar-refractivity contribution in [2.75, 3.05) is 0 Å². The molecule has 1 aromatic heterocycles. The van der Waals surface area contributed by atoms with Crippen LogP contribution in [0.3, 0.4) is 0 Å². The summed E-state index contributed by atoms with van der Waals surface area (Å²) in [6.07, 6.45) is 0.130. The first kappa shape index (κ1) is 13.6. The van der Waals surface area contributed by atoms with E-state index < -0.39 is 0 Å². The fraction of sp³-hybridized carbons (Fsp3) is 0.0667. The van der Waals surface area contributed by atoms with E-state index in [-0.39, 0.29) is 12.2 Å². The Labute approximate surface area is 134 Å². The van der Waals surface area contributed by atoms with Gasteiger partial charge in [0.25, 0.3) is 0 Å². The van der Waals surface area contributed by atoms with E-state index in [1.807, 2.05) is 30.3 Å². The molecule has 0 fully saturated rings. The molecule has 0 saturated carbocycles. The van der Waals surface area contributed by atoms with E-state index in [0.717, 1.165) is 9.09 Å². The van der Waals surface area contributed by atoms with Gasteiger partial charge in [-0.15, -0.1) is 0 Å².